The van der Waals surface area contributed by atoms with Crippen LogP contribution in [-0.2, 0) is 6.54 Å². The van der Waals surface area contributed by atoms with Crippen LogP contribution >= 0.6 is 11.3 Å². The fourth-order valence-corrected chi connectivity index (χ4v) is 3.94. The van der Waals surface area contributed by atoms with Crippen LogP contribution < -0.4 is 10.6 Å². The summed E-state index contributed by atoms with van der Waals surface area (Å²) in [7, 11) is 2.08. The summed E-state index contributed by atoms with van der Waals surface area (Å²) in [5.74, 6) is -0.206. The lowest BCUT2D eigenvalue weighted by molar-refractivity contribution is 0.0954. The van der Waals surface area contributed by atoms with Crippen molar-refractivity contribution in [3.05, 3.63) is 76.6 Å². The summed E-state index contributed by atoms with van der Waals surface area (Å²) in [6.45, 7) is 4.24. The predicted octanol–water partition coefficient (Wildman–Crippen LogP) is 4.15. The van der Waals surface area contributed by atoms with Crippen LogP contribution in [0.4, 0.5) is 5.00 Å². The third kappa shape index (κ3) is 6.04. The number of amides is 2. The second-order valence-electron chi connectivity index (χ2n) is 6.89. The second-order valence-corrected chi connectivity index (χ2v) is 7.94. The normalized spacial score (nSPS) is 10.9. The molecule has 0 atom stereocenters. The first kappa shape index (κ1) is 20.8. The van der Waals surface area contributed by atoms with Crippen LogP contribution in [0.15, 0.2) is 59.2 Å². The molecule has 0 aliphatic rings. The number of nitrogens with one attached hydrogen (secondary N) is 2. The van der Waals surface area contributed by atoms with Crippen molar-refractivity contribution in [3.8, 4) is 0 Å². The van der Waals surface area contributed by atoms with E-state index >= 15 is 0 Å². The quantitative estimate of drug-likeness (QED) is 0.519. The van der Waals surface area contributed by atoms with Crippen LogP contribution in [0.1, 0.15) is 37.8 Å². The van der Waals surface area contributed by atoms with Gasteiger partial charge in [0, 0.05) is 13.1 Å². The minimum Gasteiger partial charge on any atom is -0.459 e. The third-order valence-electron chi connectivity index (χ3n) is 4.40. The lowest BCUT2D eigenvalue weighted by Crippen LogP contribution is -2.28. The van der Waals surface area contributed by atoms with Crippen LogP contribution in [0.5, 0.6) is 0 Å². The van der Waals surface area contributed by atoms with Gasteiger partial charge < -0.3 is 20.0 Å². The summed E-state index contributed by atoms with van der Waals surface area (Å²) in [6.07, 6.45) is 2.31. The smallest absolute Gasteiger partial charge is 0.291 e. The van der Waals surface area contributed by atoms with Gasteiger partial charge in [0.05, 0.1) is 16.1 Å². The standard InChI is InChI=1S/C22H25N3O3S/c1-16-14-19(24-21(26)18-10-6-13-28-18)29-20(16)22(27)23-11-7-12-25(2)15-17-8-4-3-5-9-17/h3-6,8-10,13-14H,7,11-12,15H2,1-2H3,(H,23,27)(H,24,26). The Balaban J connectivity index is 1.43. The largest absolute Gasteiger partial charge is 0.459 e. The highest BCUT2D eigenvalue weighted by Gasteiger charge is 2.16. The number of furan rings is 1. The average Bonchev–Trinajstić information content (AvgIpc) is 3.36. The van der Waals surface area contributed by atoms with Crippen molar-refractivity contribution in [1.82, 2.24) is 10.2 Å². The zero-order valence-corrected chi connectivity index (χ0v) is 17.4. The van der Waals surface area contributed by atoms with Crippen molar-refractivity contribution in [3.63, 3.8) is 0 Å². The van der Waals surface area contributed by atoms with Crippen LogP contribution in [-0.4, -0.2) is 36.9 Å². The van der Waals surface area contributed by atoms with Crippen molar-refractivity contribution >= 4 is 28.2 Å². The fraction of sp³-hybridized carbons (Fsp3) is 0.273. The first-order valence-corrected chi connectivity index (χ1v) is 10.3. The van der Waals surface area contributed by atoms with E-state index in [9.17, 15) is 9.59 Å². The highest BCUT2D eigenvalue weighted by Crippen LogP contribution is 2.27. The molecule has 7 heteroatoms. The monoisotopic (exact) mass is 411 g/mol. The maximum atomic E-state index is 12.5. The van der Waals surface area contributed by atoms with Gasteiger partial charge in [-0.25, -0.2) is 0 Å². The van der Waals surface area contributed by atoms with Crippen LogP contribution in [0.3, 0.4) is 0 Å². The van der Waals surface area contributed by atoms with Crippen molar-refractivity contribution in [2.45, 2.75) is 19.9 Å². The number of hydrogen-bond donors (Lipinski definition) is 2. The first-order valence-electron chi connectivity index (χ1n) is 9.49. The van der Waals surface area contributed by atoms with E-state index in [1.807, 2.05) is 25.1 Å². The van der Waals surface area contributed by atoms with E-state index in [0.29, 0.717) is 16.4 Å². The zero-order valence-electron chi connectivity index (χ0n) is 16.6. The third-order valence-corrected chi connectivity index (χ3v) is 5.55. The Bertz CT molecular complexity index is 936. The highest BCUT2D eigenvalue weighted by molar-refractivity contribution is 7.18. The second kappa shape index (κ2) is 10.0. The van der Waals surface area contributed by atoms with Gasteiger partial charge in [0.15, 0.2) is 5.76 Å². The molecule has 0 saturated heterocycles. The average molecular weight is 412 g/mol. The van der Waals surface area contributed by atoms with Gasteiger partial charge in [0.25, 0.3) is 11.8 Å². The number of nitrogens with zero attached hydrogens (tertiary/aromatic N) is 1. The molecule has 0 radical (unpaired) electrons. The molecule has 2 heterocycles. The molecule has 2 aromatic heterocycles. The minimum absolute atomic E-state index is 0.114. The van der Waals surface area contributed by atoms with E-state index in [1.54, 1.807) is 18.2 Å². The lowest BCUT2D eigenvalue weighted by Gasteiger charge is -2.16. The van der Waals surface area contributed by atoms with Crippen molar-refractivity contribution in [2.75, 3.05) is 25.5 Å². The van der Waals surface area contributed by atoms with Crippen molar-refractivity contribution in [2.24, 2.45) is 0 Å². The van der Waals surface area contributed by atoms with Crippen LogP contribution in [0, 0.1) is 6.92 Å². The van der Waals surface area contributed by atoms with Gasteiger partial charge in [-0.15, -0.1) is 11.3 Å². The first-order chi connectivity index (χ1) is 14.0. The molecule has 0 fully saturated rings. The number of thiophene rings is 1. The van der Waals surface area contributed by atoms with E-state index in [-0.39, 0.29) is 17.6 Å². The number of carbonyl (C=O) groups is 2. The molecule has 2 N–H and O–H groups in total. The molecular formula is C22H25N3O3S. The molecule has 0 spiro atoms. The highest BCUT2D eigenvalue weighted by atomic mass is 32.1. The Morgan fingerprint density at radius 2 is 1.90 bits per heavy atom. The molecule has 3 aromatic rings. The van der Waals surface area contributed by atoms with E-state index in [4.69, 9.17) is 4.42 Å². The summed E-state index contributed by atoms with van der Waals surface area (Å²) in [6, 6.07) is 15.4. The number of aryl methyl sites for hydroxylation is 1. The summed E-state index contributed by atoms with van der Waals surface area (Å²) in [5.41, 5.74) is 2.11. The summed E-state index contributed by atoms with van der Waals surface area (Å²) in [4.78, 5) is 27.4. The Kier molecular flexibility index (Phi) is 7.21. The van der Waals surface area contributed by atoms with E-state index in [0.717, 1.165) is 25.1 Å². The SMILES string of the molecule is Cc1cc(NC(=O)c2ccco2)sc1C(=O)NCCCN(C)Cc1ccccc1. The maximum Gasteiger partial charge on any atom is 0.291 e. The van der Waals surface area contributed by atoms with Gasteiger partial charge in [-0.3, -0.25) is 9.59 Å². The fourth-order valence-electron chi connectivity index (χ4n) is 2.96. The number of benzene rings is 1. The molecule has 0 aliphatic carbocycles. The molecule has 1 aromatic carbocycles. The van der Waals surface area contributed by atoms with Crippen LogP contribution in [0.2, 0.25) is 0 Å². The minimum atomic E-state index is -0.329. The van der Waals surface area contributed by atoms with Crippen molar-refractivity contribution in [1.29, 1.82) is 0 Å². The van der Waals surface area contributed by atoms with E-state index < -0.39 is 0 Å². The number of hydrogen-bond acceptors (Lipinski definition) is 5. The van der Waals surface area contributed by atoms with Gasteiger partial charge in [0.2, 0.25) is 0 Å². The number of carbonyl (C=O) groups excluding carboxylic acids is 2. The number of rotatable bonds is 9. The Morgan fingerprint density at radius 1 is 1.10 bits per heavy atom. The molecule has 2 amide bonds. The van der Waals surface area contributed by atoms with Gasteiger partial charge >= 0.3 is 0 Å². The predicted molar refractivity (Wildman–Crippen MR) is 115 cm³/mol. The Labute approximate surface area is 174 Å². The Hall–Kier alpha value is -2.90. The molecule has 29 heavy (non-hydrogen) atoms. The number of anilines is 1. The lowest BCUT2D eigenvalue weighted by atomic mass is 10.2. The maximum absolute atomic E-state index is 12.5. The summed E-state index contributed by atoms with van der Waals surface area (Å²) < 4.78 is 5.08. The molecule has 0 saturated carbocycles. The molecule has 6 nitrogen and oxygen atoms in total. The van der Waals surface area contributed by atoms with Gasteiger partial charge in [0.1, 0.15) is 0 Å². The Morgan fingerprint density at radius 3 is 2.62 bits per heavy atom. The van der Waals surface area contributed by atoms with Gasteiger partial charge in [-0.2, -0.15) is 0 Å². The summed E-state index contributed by atoms with van der Waals surface area (Å²) >= 11 is 1.26. The molecular weight excluding hydrogens is 386 g/mol. The van der Waals surface area contributed by atoms with Crippen LogP contribution in [0.25, 0.3) is 0 Å². The molecule has 3 rings (SSSR count). The molecule has 0 aliphatic heterocycles. The van der Waals surface area contributed by atoms with Crippen molar-refractivity contribution < 1.29 is 14.0 Å². The molecule has 0 bridgehead atoms. The van der Waals surface area contributed by atoms with Gasteiger partial charge in [-0.1, -0.05) is 30.3 Å². The van der Waals surface area contributed by atoms with E-state index in [1.165, 1.54) is 23.2 Å². The molecule has 0 unspecified atom stereocenters. The molecule has 152 valence electrons. The van der Waals surface area contributed by atoms with E-state index in [2.05, 4.69) is 34.7 Å². The van der Waals surface area contributed by atoms with Gasteiger partial charge in [-0.05, 0) is 56.3 Å². The topological polar surface area (TPSA) is 74.6 Å². The zero-order chi connectivity index (χ0) is 20.6. The summed E-state index contributed by atoms with van der Waals surface area (Å²) in [5, 5.41) is 6.35.